The molecular weight excluding hydrogens is 178 g/mol. The Bertz CT molecular complexity index is 442. The molecule has 72 valence electrons. The number of carbonyl (C=O) groups is 1. The van der Waals surface area contributed by atoms with Gasteiger partial charge in [0.05, 0.1) is 17.9 Å². The summed E-state index contributed by atoms with van der Waals surface area (Å²) in [6.07, 6.45) is 4.49. The first-order valence-corrected chi connectivity index (χ1v) is 4.38. The minimum atomic E-state index is 0.678. The maximum absolute atomic E-state index is 10.7. The summed E-state index contributed by atoms with van der Waals surface area (Å²) in [5.74, 6) is 0. The average molecular weight is 189 g/mol. The highest BCUT2D eigenvalue weighted by Crippen LogP contribution is 2.04. The number of aromatic nitrogens is 3. The van der Waals surface area contributed by atoms with Gasteiger partial charge >= 0.3 is 0 Å². The first-order valence-electron chi connectivity index (χ1n) is 4.38. The van der Waals surface area contributed by atoms with E-state index in [1.54, 1.807) is 16.9 Å². The van der Waals surface area contributed by atoms with Crippen LogP contribution in [0.4, 0.5) is 0 Å². The third kappa shape index (κ3) is 1.46. The van der Waals surface area contributed by atoms with Crippen molar-refractivity contribution in [3.05, 3.63) is 42.0 Å². The monoisotopic (exact) mass is 189 g/mol. The molecule has 2 aromatic rings. The van der Waals surface area contributed by atoms with E-state index >= 15 is 0 Å². The molecule has 0 spiro atoms. The summed E-state index contributed by atoms with van der Waals surface area (Å²) in [6, 6.07) is 5.60. The van der Waals surface area contributed by atoms with Crippen molar-refractivity contribution in [3.63, 3.8) is 0 Å². The van der Waals surface area contributed by atoms with Crippen LogP contribution in [0.3, 0.4) is 0 Å². The normalized spacial score (nSPS) is 10.4. The largest absolute Gasteiger partial charge is 0.339 e. The number of carbonyl (C=O) groups excluding carboxylic acids is 1. The van der Waals surface area contributed by atoms with Crippen molar-refractivity contribution >= 4 is 6.29 Å². The van der Waals surface area contributed by atoms with Gasteiger partial charge in [-0.05, 0) is 18.2 Å². The smallest absolute Gasteiger partial charge is 0.166 e. The molecule has 4 nitrogen and oxygen atoms in total. The van der Waals surface area contributed by atoms with Crippen molar-refractivity contribution in [3.8, 4) is 0 Å². The number of rotatable bonds is 3. The lowest BCUT2D eigenvalue weighted by molar-refractivity contribution is 0.111. The van der Waals surface area contributed by atoms with Crippen LogP contribution in [0.2, 0.25) is 0 Å². The molecular formula is C10H11N3O. The van der Waals surface area contributed by atoms with Gasteiger partial charge in [0.15, 0.2) is 6.29 Å². The summed E-state index contributed by atoms with van der Waals surface area (Å²) >= 11 is 0. The van der Waals surface area contributed by atoms with Crippen molar-refractivity contribution in [2.24, 2.45) is 7.05 Å². The molecule has 0 aliphatic heterocycles. The second-order valence-electron chi connectivity index (χ2n) is 3.12. The Balaban J connectivity index is 2.27. The molecule has 0 aliphatic rings. The van der Waals surface area contributed by atoms with Crippen molar-refractivity contribution in [2.75, 3.05) is 0 Å². The number of hydrogen-bond donors (Lipinski definition) is 0. The molecule has 0 unspecified atom stereocenters. The van der Waals surface area contributed by atoms with Gasteiger partial charge in [-0.15, -0.1) is 0 Å². The zero-order valence-electron chi connectivity index (χ0n) is 7.92. The number of nitrogens with zero attached hydrogens (tertiary/aromatic N) is 3. The van der Waals surface area contributed by atoms with Gasteiger partial charge in [-0.2, -0.15) is 5.10 Å². The molecule has 2 rings (SSSR count). The molecule has 14 heavy (non-hydrogen) atoms. The van der Waals surface area contributed by atoms with Gasteiger partial charge < -0.3 is 4.57 Å². The van der Waals surface area contributed by atoms with Crippen molar-refractivity contribution < 1.29 is 4.79 Å². The molecule has 0 N–H and O–H groups in total. The van der Waals surface area contributed by atoms with Crippen molar-refractivity contribution in [1.82, 2.24) is 14.3 Å². The maximum atomic E-state index is 10.7. The predicted octanol–water partition coefficient (Wildman–Crippen LogP) is 1.08. The molecule has 0 amide bonds. The first-order chi connectivity index (χ1) is 6.81. The highest BCUT2D eigenvalue weighted by atomic mass is 16.1. The lowest BCUT2D eigenvalue weighted by Crippen LogP contribution is -2.06. The van der Waals surface area contributed by atoms with Gasteiger partial charge in [-0.1, -0.05) is 0 Å². The molecule has 0 atom stereocenters. The van der Waals surface area contributed by atoms with Crippen molar-refractivity contribution in [1.29, 1.82) is 0 Å². The van der Waals surface area contributed by atoms with E-state index in [1.807, 2.05) is 29.9 Å². The van der Waals surface area contributed by atoms with Crippen LogP contribution in [0.1, 0.15) is 16.2 Å². The lowest BCUT2D eigenvalue weighted by atomic mass is 10.4. The zero-order valence-corrected chi connectivity index (χ0v) is 7.92. The van der Waals surface area contributed by atoms with E-state index in [0.717, 1.165) is 12.0 Å². The topological polar surface area (TPSA) is 39.8 Å². The third-order valence-corrected chi connectivity index (χ3v) is 2.24. The minimum Gasteiger partial charge on any atom is -0.339 e. The Morgan fingerprint density at radius 3 is 3.00 bits per heavy atom. The van der Waals surface area contributed by atoms with E-state index in [0.29, 0.717) is 12.2 Å². The second kappa shape index (κ2) is 3.49. The van der Waals surface area contributed by atoms with Crippen LogP contribution in [0, 0.1) is 0 Å². The zero-order chi connectivity index (χ0) is 9.97. The minimum absolute atomic E-state index is 0.678. The number of aryl methyl sites for hydroxylation is 1. The van der Waals surface area contributed by atoms with E-state index in [-0.39, 0.29) is 0 Å². The molecule has 0 saturated carbocycles. The Hall–Kier alpha value is -1.84. The Kier molecular flexibility index (Phi) is 2.18. The summed E-state index contributed by atoms with van der Waals surface area (Å²) in [6.45, 7) is 0.678. The molecule has 4 heteroatoms. The molecule has 0 aromatic carbocycles. The fourth-order valence-corrected chi connectivity index (χ4v) is 1.41. The van der Waals surface area contributed by atoms with Crippen LogP contribution in [-0.4, -0.2) is 20.6 Å². The van der Waals surface area contributed by atoms with E-state index in [4.69, 9.17) is 0 Å². The lowest BCUT2D eigenvalue weighted by Gasteiger charge is -2.05. The van der Waals surface area contributed by atoms with Crippen LogP contribution in [-0.2, 0) is 13.6 Å². The van der Waals surface area contributed by atoms with Crippen LogP contribution < -0.4 is 0 Å². The molecule has 0 bridgehead atoms. The molecule has 2 aromatic heterocycles. The SMILES string of the molecule is Cn1nccc1Cn1cccc1C=O. The van der Waals surface area contributed by atoms with Gasteiger partial charge in [-0.25, -0.2) is 0 Å². The van der Waals surface area contributed by atoms with Gasteiger partial charge in [-0.3, -0.25) is 9.48 Å². The van der Waals surface area contributed by atoms with Gasteiger partial charge in [0.2, 0.25) is 0 Å². The Morgan fingerprint density at radius 2 is 2.36 bits per heavy atom. The van der Waals surface area contributed by atoms with E-state index in [9.17, 15) is 4.79 Å². The maximum Gasteiger partial charge on any atom is 0.166 e. The molecule has 0 radical (unpaired) electrons. The van der Waals surface area contributed by atoms with E-state index in [2.05, 4.69) is 5.10 Å². The molecule has 0 aliphatic carbocycles. The van der Waals surface area contributed by atoms with Gasteiger partial charge in [0.1, 0.15) is 0 Å². The summed E-state index contributed by atoms with van der Waals surface area (Å²) in [5.41, 5.74) is 1.76. The first kappa shape index (κ1) is 8.74. The fourth-order valence-electron chi connectivity index (χ4n) is 1.41. The highest BCUT2D eigenvalue weighted by molar-refractivity contribution is 5.72. The summed E-state index contributed by atoms with van der Waals surface area (Å²) in [7, 11) is 1.89. The van der Waals surface area contributed by atoms with Crippen LogP contribution >= 0.6 is 0 Å². The standard InChI is InChI=1S/C10H11N3O/c1-12-9(4-5-11-12)7-13-6-2-3-10(13)8-14/h2-6,8H,7H2,1H3. The van der Waals surface area contributed by atoms with Crippen LogP contribution in [0.5, 0.6) is 0 Å². The van der Waals surface area contributed by atoms with Gasteiger partial charge in [0, 0.05) is 19.4 Å². The van der Waals surface area contributed by atoms with Crippen LogP contribution in [0.15, 0.2) is 30.6 Å². The molecule has 0 saturated heterocycles. The van der Waals surface area contributed by atoms with Gasteiger partial charge in [0.25, 0.3) is 0 Å². The fraction of sp³-hybridized carbons (Fsp3) is 0.200. The second-order valence-corrected chi connectivity index (χ2v) is 3.12. The predicted molar refractivity (Wildman–Crippen MR) is 52.1 cm³/mol. The highest BCUT2D eigenvalue weighted by Gasteiger charge is 2.02. The van der Waals surface area contributed by atoms with E-state index in [1.165, 1.54) is 0 Å². The Morgan fingerprint density at radius 1 is 1.50 bits per heavy atom. The number of aldehydes is 1. The molecule has 0 fully saturated rings. The Labute approximate surface area is 81.8 Å². The molecule has 2 heterocycles. The van der Waals surface area contributed by atoms with Crippen LogP contribution in [0.25, 0.3) is 0 Å². The number of hydrogen-bond acceptors (Lipinski definition) is 2. The average Bonchev–Trinajstić information content (AvgIpc) is 2.77. The summed E-state index contributed by atoms with van der Waals surface area (Å²) in [5, 5.41) is 4.07. The summed E-state index contributed by atoms with van der Waals surface area (Å²) < 4.78 is 3.69. The summed E-state index contributed by atoms with van der Waals surface area (Å²) in [4.78, 5) is 10.7. The third-order valence-electron chi connectivity index (χ3n) is 2.24. The van der Waals surface area contributed by atoms with Crippen molar-refractivity contribution in [2.45, 2.75) is 6.54 Å². The van der Waals surface area contributed by atoms with E-state index < -0.39 is 0 Å². The quantitative estimate of drug-likeness (QED) is 0.678.